The van der Waals surface area contributed by atoms with E-state index in [4.69, 9.17) is 0 Å². The quantitative estimate of drug-likeness (QED) is 0.538. The third kappa shape index (κ3) is 3.00. The topological polar surface area (TPSA) is 0 Å². The summed E-state index contributed by atoms with van der Waals surface area (Å²) in [5.41, 5.74) is 0.461. The first kappa shape index (κ1) is 11.7. The number of hydrogen-bond acceptors (Lipinski definition) is 0. The minimum Gasteiger partial charge on any atom is -0.103 e. The van der Waals surface area contributed by atoms with E-state index < -0.39 is 0 Å². The predicted octanol–water partition coefficient (Wildman–Crippen LogP) is 4.27. The molecule has 72 valence electrons. The van der Waals surface area contributed by atoms with Gasteiger partial charge in [-0.2, -0.15) is 0 Å². The lowest BCUT2D eigenvalue weighted by atomic mass is 9.70. The molecule has 0 N–H and O–H groups in total. The highest BCUT2D eigenvalue weighted by molar-refractivity contribution is 4.80. The van der Waals surface area contributed by atoms with Crippen molar-refractivity contribution in [2.24, 2.45) is 17.3 Å². The van der Waals surface area contributed by atoms with Crippen LogP contribution in [0.3, 0.4) is 0 Å². The molecule has 0 aliphatic rings. The lowest BCUT2D eigenvalue weighted by molar-refractivity contribution is 0.144. The van der Waals surface area contributed by atoms with Gasteiger partial charge in [-0.05, 0) is 30.1 Å². The first-order chi connectivity index (χ1) is 5.42. The van der Waals surface area contributed by atoms with Crippen LogP contribution in [0.15, 0.2) is 12.7 Å². The number of allylic oxidation sites excluding steroid dienone is 1. The third-order valence-corrected chi connectivity index (χ3v) is 3.56. The molecule has 0 aromatic heterocycles. The van der Waals surface area contributed by atoms with Gasteiger partial charge in [0.15, 0.2) is 0 Å². The molecular weight excluding hydrogens is 144 g/mol. The van der Waals surface area contributed by atoms with Crippen molar-refractivity contribution < 1.29 is 0 Å². The second-order valence-corrected chi connectivity index (χ2v) is 4.74. The van der Waals surface area contributed by atoms with Crippen molar-refractivity contribution in [2.45, 2.75) is 47.5 Å². The highest BCUT2D eigenvalue weighted by Gasteiger charge is 2.28. The molecule has 1 atom stereocenters. The molecule has 0 saturated heterocycles. The van der Waals surface area contributed by atoms with Crippen LogP contribution in [0, 0.1) is 17.3 Å². The molecule has 0 radical (unpaired) electrons. The van der Waals surface area contributed by atoms with Gasteiger partial charge in [-0.1, -0.05) is 40.7 Å². The minimum atomic E-state index is 0.461. The Kier molecular flexibility index (Phi) is 4.59. The normalized spacial score (nSPS) is 14.8. The van der Waals surface area contributed by atoms with E-state index in [9.17, 15) is 0 Å². The Morgan fingerprint density at radius 1 is 1.25 bits per heavy atom. The zero-order valence-electron chi connectivity index (χ0n) is 9.35. The molecule has 0 aromatic carbocycles. The molecule has 0 fully saturated rings. The van der Waals surface area contributed by atoms with E-state index in [1.807, 2.05) is 6.08 Å². The summed E-state index contributed by atoms with van der Waals surface area (Å²) in [7, 11) is 0. The maximum Gasteiger partial charge on any atom is -0.0305 e. The van der Waals surface area contributed by atoms with Crippen molar-refractivity contribution in [1.29, 1.82) is 0 Å². The Balaban J connectivity index is 4.05. The Morgan fingerprint density at radius 3 is 2.08 bits per heavy atom. The molecule has 0 nitrogen and oxygen atoms in total. The van der Waals surface area contributed by atoms with Crippen molar-refractivity contribution in [2.75, 3.05) is 0 Å². The summed E-state index contributed by atoms with van der Waals surface area (Å²) < 4.78 is 0. The molecule has 0 spiro atoms. The molecular formula is C12H24. The molecule has 0 rings (SSSR count). The Labute approximate surface area is 78.1 Å². The van der Waals surface area contributed by atoms with Crippen LogP contribution in [0.4, 0.5) is 0 Å². The van der Waals surface area contributed by atoms with Gasteiger partial charge in [-0.15, -0.1) is 6.58 Å². The van der Waals surface area contributed by atoms with Crippen LogP contribution in [-0.2, 0) is 0 Å². The molecule has 0 aliphatic carbocycles. The summed E-state index contributed by atoms with van der Waals surface area (Å²) >= 11 is 0. The SMILES string of the molecule is C=CCCC(C)C(C)(C)C(C)C. The van der Waals surface area contributed by atoms with E-state index in [0.717, 1.165) is 18.3 Å². The van der Waals surface area contributed by atoms with Crippen LogP contribution in [0.5, 0.6) is 0 Å². The van der Waals surface area contributed by atoms with Crippen molar-refractivity contribution in [3.8, 4) is 0 Å². The van der Waals surface area contributed by atoms with Crippen LogP contribution in [0.2, 0.25) is 0 Å². The van der Waals surface area contributed by atoms with Gasteiger partial charge in [0.25, 0.3) is 0 Å². The molecule has 0 heterocycles. The summed E-state index contributed by atoms with van der Waals surface area (Å²) in [6.07, 6.45) is 4.44. The van der Waals surface area contributed by atoms with E-state index in [2.05, 4.69) is 41.2 Å². The van der Waals surface area contributed by atoms with Crippen LogP contribution in [0.25, 0.3) is 0 Å². The predicted molar refractivity (Wildman–Crippen MR) is 57.2 cm³/mol. The molecule has 0 amide bonds. The summed E-state index contributed by atoms with van der Waals surface area (Å²) in [5, 5.41) is 0. The van der Waals surface area contributed by atoms with Gasteiger partial charge < -0.3 is 0 Å². The average molecular weight is 168 g/mol. The van der Waals surface area contributed by atoms with Gasteiger partial charge in [-0.3, -0.25) is 0 Å². The summed E-state index contributed by atoms with van der Waals surface area (Å²) in [4.78, 5) is 0. The Hall–Kier alpha value is -0.260. The van der Waals surface area contributed by atoms with E-state index in [1.165, 1.54) is 6.42 Å². The molecule has 0 aliphatic heterocycles. The second-order valence-electron chi connectivity index (χ2n) is 4.74. The fourth-order valence-electron chi connectivity index (χ4n) is 1.31. The zero-order chi connectivity index (χ0) is 9.78. The molecule has 0 bridgehead atoms. The van der Waals surface area contributed by atoms with Gasteiger partial charge in [0.1, 0.15) is 0 Å². The van der Waals surface area contributed by atoms with E-state index >= 15 is 0 Å². The summed E-state index contributed by atoms with van der Waals surface area (Å²) in [6, 6.07) is 0. The Morgan fingerprint density at radius 2 is 1.75 bits per heavy atom. The van der Waals surface area contributed by atoms with Crippen molar-refractivity contribution in [3.63, 3.8) is 0 Å². The fraction of sp³-hybridized carbons (Fsp3) is 0.833. The van der Waals surface area contributed by atoms with E-state index in [0.29, 0.717) is 5.41 Å². The van der Waals surface area contributed by atoms with Crippen LogP contribution < -0.4 is 0 Å². The minimum absolute atomic E-state index is 0.461. The largest absolute Gasteiger partial charge is 0.103 e. The number of rotatable bonds is 5. The summed E-state index contributed by atoms with van der Waals surface area (Å²) in [6.45, 7) is 15.5. The van der Waals surface area contributed by atoms with Crippen molar-refractivity contribution >= 4 is 0 Å². The van der Waals surface area contributed by atoms with Crippen molar-refractivity contribution in [3.05, 3.63) is 12.7 Å². The smallest absolute Gasteiger partial charge is 0.0305 e. The molecule has 0 heteroatoms. The summed E-state index contributed by atoms with van der Waals surface area (Å²) in [5.74, 6) is 1.55. The second kappa shape index (κ2) is 4.69. The van der Waals surface area contributed by atoms with Gasteiger partial charge in [0.05, 0.1) is 0 Å². The highest BCUT2D eigenvalue weighted by Crippen LogP contribution is 2.37. The molecule has 0 saturated carbocycles. The first-order valence-electron chi connectivity index (χ1n) is 5.03. The zero-order valence-corrected chi connectivity index (χ0v) is 9.35. The van der Waals surface area contributed by atoms with E-state index in [1.54, 1.807) is 0 Å². The lowest BCUT2D eigenvalue weighted by Gasteiger charge is -2.35. The van der Waals surface area contributed by atoms with Crippen LogP contribution >= 0.6 is 0 Å². The fourth-order valence-corrected chi connectivity index (χ4v) is 1.31. The first-order valence-corrected chi connectivity index (χ1v) is 5.03. The highest BCUT2D eigenvalue weighted by atomic mass is 14.3. The van der Waals surface area contributed by atoms with Gasteiger partial charge in [0, 0.05) is 0 Å². The van der Waals surface area contributed by atoms with Gasteiger partial charge >= 0.3 is 0 Å². The molecule has 0 aromatic rings. The molecule has 1 unspecified atom stereocenters. The van der Waals surface area contributed by atoms with Crippen molar-refractivity contribution in [1.82, 2.24) is 0 Å². The monoisotopic (exact) mass is 168 g/mol. The van der Waals surface area contributed by atoms with E-state index in [-0.39, 0.29) is 0 Å². The van der Waals surface area contributed by atoms with Gasteiger partial charge in [-0.25, -0.2) is 0 Å². The Bertz CT molecular complexity index is 131. The van der Waals surface area contributed by atoms with Crippen LogP contribution in [-0.4, -0.2) is 0 Å². The maximum absolute atomic E-state index is 3.76. The standard InChI is InChI=1S/C12H24/c1-7-8-9-11(4)12(5,6)10(2)3/h7,10-11H,1,8-9H2,2-6H3. The third-order valence-electron chi connectivity index (χ3n) is 3.56. The van der Waals surface area contributed by atoms with Crippen LogP contribution in [0.1, 0.15) is 47.5 Å². The number of hydrogen-bond donors (Lipinski definition) is 0. The lowest BCUT2D eigenvalue weighted by Crippen LogP contribution is -2.27. The maximum atomic E-state index is 3.76. The molecule has 12 heavy (non-hydrogen) atoms. The average Bonchev–Trinajstić information content (AvgIpc) is 1.99. The van der Waals surface area contributed by atoms with Gasteiger partial charge in [0.2, 0.25) is 0 Å².